The molecule has 1 fully saturated rings. The number of rotatable bonds is 18. The summed E-state index contributed by atoms with van der Waals surface area (Å²) in [6, 6.07) is 4.09. The van der Waals surface area contributed by atoms with Gasteiger partial charge in [0.25, 0.3) is 11.8 Å². The number of carboxylic acid groups (broad SMARTS) is 1. The van der Waals surface area contributed by atoms with Gasteiger partial charge in [-0.1, -0.05) is 70.9 Å². The van der Waals surface area contributed by atoms with Crippen molar-refractivity contribution >= 4 is 41.3 Å². The molecule has 1 aromatic heterocycles. The number of nitrogens with one attached hydrogen (secondary N) is 4. The van der Waals surface area contributed by atoms with Crippen LogP contribution in [-0.4, -0.2) is 98.5 Å². The molecular weight excluding hydrogens is 646 g/mol. The van der Waals surface area contributed by atoms with Crippen molar-refractivity contribution in [1.29, 1.82) is 0 Å². The van der Waals surface area contributed by atoms with E-state index >= 15 is 0 Å². The lowest BCUT2D eigenvalue weighted by Crippen LogP contribution is -2.57. The van der Waals surface area contributed by atoms with Gasteiger partial charge in [0.2, 0.25) is 23.5 Å². The fourth-order valence-electron chi connectivity index (χ4n) is 5.96. The average molecular weight is 694 g/mol. The number of ketones is 1. The number of Topliss-reactive ketones (excluding diaryl/α,β-unsaturated/α-hetero) is 1. The Bertz CT molecular complexity index is 1500. The molecule has 0 bridgehead atoms. The van der Waals surface area contributed by atoms with E-state index in [0.717, 1.165) is 6.42 Å². The van der Waals surface area contributed by atoms with Gasteiger partial charge in [0, 0.05) is 25.4 Å². The quantitative estimate of drug-likeness (QED) is 0.140. The summed E-state index contributed by atoms with van der Waals surface area (Å²) in [5, 5.41) is 19.8. The molecule has 0 radical (unpaired) electrons. The Morgan fingerprint density at radius 1 is 0.940 bits per heavy atom. The normalized spacial score (nSPS) is 17.3. The molecule has 0 aliphatic carbocycles. The zero-order chi connectivity index (χ0) is 36.8. The molecule has 5 atom stereocenters. The van der Waals surface area contributed by atoms with E-state index in [4.69, 9.17) is 0 Å². The van der Waals surface area contributed by atoms with Gasteiger partial charge >= 0.3 is 5.97 Å². The number of benzene rings is 1. The van der Waals surface area contributed by atoms with Gasteiger partial charge < -0.3 is 31.3 Å². The van der Waals surface area contributed by atoms with Crippen LogP contribution in [-0.2, 0) is 35.2 Å². The summed E-state index contributed by atoms with van der Waals surface area (Å²) < 4.78 is 0. The molecule has 1 aliphatic heterocycles. The highest BCUT2D eigenvalue weighted by molar-refractivity contribution is 6.38. The molecule has 1 aliphatic rings. The van der Waals surface area contributed by atoms with Crippen LogP contribution in [0.25, 0.3) is 0 Å². The van der Waals surface area contributed by atoms with Gasteiger partial charge in [-0.25, -0.2) is 9.78 Å². The maximum absolute atomic E-state index is 13.8. The fourth-order valence-corrected chi connectivity index (χ4v) is 5.96. The van der Waals surface area contributed by atoms with Crippen molar-refractivity contribution in [2.75, 3.05) is 13.1 Å². The first-order valence-electron chi connectivity index (χ1n) is 16.9. The molecule has 0 saturated carbocycles. The largest absolute Gasteiger partial charge is 0.480 e. The lowest BCUT2D eigenvalue weighted by molar-refractivity contribution is -0.145. The van der Waals surface area contributed by atoms with Crippen molar-refractivity contribution in [3.63, 3.8) is 0 Å². The van der Waals surface area contributed by atoms with Gasteiger partial charge in [-0.3, -0.25) is 33.8 Å². The first-order chi connectivity index (χ1) is 23.9. The smallest absolute Gasteiger partial charge is 0.326 e. The number of hydrogen-bond donors (Lipinski definition) is 5. The first kappa shape index (κ1) is 39.2. The van der Waals surface area contributed by atoms with Crippen LogP contribution in [0.2, 0.25) is 0 Å². The molecule has 2 heterocycles. The van der Waals surface area contributed by atoms with Gasteiger partial charge in [-0.2, -0.15) is 0 Å². The predicted octanol–water partition coefficient (Wildman–Crippen LogP) is 1.03. The molecule has 0 spiro atoms. The van der Waals surface area contributed by atoms with E-state index in [9.17, 15) is 38.7 Å². The molecule has 1 saturated heterocycles. The molecule has 1 aromatic carbocycles. The van der Waals surface area contributed by atoms with E-state index in [1.54, 1.807) is 51.1 Å². The average Bonchev–Trinajstić information content (AvgIpc) is 3.53. The monoisotopic (exact) mass is 693 g/mol. The summed E-state index contributed by atoms with van der Waals surface area (Å²) >= 11 is 0. The number of carbonyl (C=O) groups excluding carboxylic acids is 6. The number of amides is 5. The van der Waals surface area contributed by atoms with E-state index in [1.807, 2.05) is 6.92 Å². The minimum absolute atomic E-state index is 0.0288. The number of likely N-dealkylation sites (tertiary alicyclic amines) is 1. The number of hydrogen-bond acceptors (Lipinski definition) is 9. The van der Waals surface area contributed by atoms with Gasteiger partial charge in [0.1, 0.15) is 23.8 Å². The Kier molecular flexibility index (Phi) is 15.0. The third-order valence-corrected chi connectivity index (χ3v) is 8.54. The van der Waals surface area contributed by atoms with Crippen molar-refractivity contribution in [3.8, 4) is 0 Å². The molecular formula is C35H47N7O8. The Labute approximate surface area is 291 Å². The number of aliphatic carboxylic acids is 1. The van der Waals surface area contributed by atoms with Crippen LogP contribution < -0.4 is 21.3 Å². The minimum atomic E-state index is -1.37. The molecule has 15 heteroatoms. The van der Waals surface area contributed by atoms with E-state index in [2.05, 4.69) is 31.2 Å². The molecule has 5 amide bonds. The molecule has 3 rings (SSSR count). The Hall–Kier alpha value is -5.21. The molecule has 2 aromatic rings. The number of aromatic nitrogens is 2. The van der Waals surface area contributed by atoms with Crippen molar-refractivity contribution in [2.45, 2.75) is 90.4 Å². The summed E-state index contributed by atoms with van der Waals surface area (Å²) in [5.74, 6) is -6.34. The highest BCUT2D eigenvalue weighted by Crippen LogP contribution is 2.29. The standard InChI is InChI=1S/C35H47N7O8/c1-5-10-23-14-17-42(27(43)20-38-32(46)28(21(3)4)41-31(45)26-19-36-15-16-37-26)29(23)33(47)39-24(11-6-2)30(44)34(48)40-25(35(49)50)18-22-12-8-7-9-13-22/h7-9,12-13,15-16,19,21,23-25,28-29H,5-6,10-11,14,17-18,20H2,1-4H3,(H,38,46)(H,39,47)(H,40,48)(H,41,45)(H,49,50)/t23?,24?,25-,28-,29-/m0/s1. The Balaban J connectivity index is 1.68. The predicted molar refractivity (Wildman–Crippen MR) is 181 cm³/mol. The maximum atomic E-state index is 13.8. The van der Waals surface area contributed by atoms with Crippen LogP contribution in [0.5, 0.6) is 0 Å². The van der Waals surface area contributed by atoms with Gasteiger partial charge in [-0.05, 0) is 36.7 Å². The summed E-state index contributed by atoms with van der Waals surface area (Å²) in [6.07, 6.45) is 6.39. The topological polar surface area (TPSA) is 217 Å². The van der Waals surface area contributed by atoms with Crippen molar-refractivity contribution in [3.05, 3.63) is 60.2 Å². The molecule has 5 N–H and O–H groups in total. The maximum Gasteiger partial charge on any atom is 0.326 e. The zero-order valence-corrected chi connectivity index (χ0v) is 28.9. The number of carboxylic acids is 1. The van der Waals surface area contributed by atoms with Crippen LogP contribution in [0.15, 0.2) is 48.9 Å². The molecule has 2 unspecified atom stereocenters. The van der Waals surface area contributed by atoms with Gasteiger partial charge in [-0.15, -0.1) is 0 Å². The Morgan fingerprint density at radius 2 is 1.66 bits per heavy atom. The van der Waals surface area contributed by atoms with Gasteiger partial charge in [0.05, 0.1) is 18.8 Å². The second-order valence-electron chi connectivity index (χ2n) is 12.6. The summed E-state index contributed by atoms with van der Waals surface area (Å²) in [7, 11) is 0. The third-order valence-electron chi connectivity index (χ3n) is 8.54. The minimum Gasteiger partial charge on any atom is -0.480 e. The second kappa shape index (κ2) is 19.1. The summed E-state index contributed by atoms with van der Waals surface area (Å²) in [6.45, 7) is 6.98. The molecule has 15 nitrogen and oxygen atoms in total. The van der Waals surface area contributed by atoms with Crippen molar-refractivity contribution in [1.82, 2.24) is 36.1 Å². The van der Waals surface area contributed by atoms with Crippen LogP contribution >= 0.6 is 0 Å². The van der Waals surface area contributed by atoms with Crippen LogP contribution in [0.4, 0.5) is 0 Å². The first-order valence-corrected chi connectivity index (χ1v) is 16.9. The third kappa shape index (κ3) is 10.9. The van der Waals surface area contributed by atoms with Crippen LogP contribution in [0.1, 0.15) is 75.9 Å². The zero-order valence-electron chi connectivity index (χ0n) is 28.9. The van der Waals surface area contributed by atoms with Gasteiger partial charge in [0.15, 0.2) is 0 Å². The van der Waals surface area contributed by atoms with Crippen molar-refractivity contribution in [2.24, 2.45) is 11.8 Å². The lowest BCUT2D eigenvalue weighted by Gasteiger charge is -2.29. The molecule has 270 valence electrons. The lowest BCUT2D eigenvalue weighted by atomic mass is 9.94. The van der Waals surface area contributed by atoms with E-state index in [1.165, 1.54) is 23.5 Å². The fraction of sp³-hybridized carbons (Fsp3) is 0.514. The SMILES string of the molecule is CCCC(NC(=O)[C@@H]1C(CCC)CCN1C(=O)CNC(=O)[C@@H](NC(=O)c1cnccn1)C(C)C)C(=O)C(=O)N[C@@H](Cc1ccccc1)C(=O)O. The van der Waals surface area contributed by atoms with Crippen LogP contribution in [0, 0.1) is 11.8 Å². The summed E-state index contributed by atoms with van der Waals surface area (Å²) in [4.78, 5) is 100. The van der Waals surface area contributed by atoms with E-state index in [-0.39, 0.29) is 36.9 Å². The highest BCUT2D eigenvalue weighted by atomic mass is 16.4. The molecule has 50 heavy (non-hydrogen) atoms. The Morgan fingerprint density at radius 3 is 2.26 bits per heavy atom. The second-order valence-corrected chi connectivity index (χ2v) is 12.6. The summed E-state index contributed by atoms with van der Waals surface area (Å²) in [5.41, 5.74) is 0.683. The van der Waals surface area contributed by atoms with E-state index in [0.29, 0.717) is 24.8 Å². The van der Waals surface area contributed by atoms with Crippen molar-refractivity contribution < 1.29 is 38.7 Å². The van der Waals surface area contributed by atoms with Crippen LogP contribution in [0.3, 0.4) is 0 Å². The van der Waals surface area contributed by atoms with E-state index < -0.39 is 72.0 Å². The number of carbonyl (C=O) groups is 7. The number of nitrogens with zero attached hydrogens (tertiary/aromatic N) is 3. The highest BCUT2D eigenvalue weighted by Gasteiger charge is 2.43.